The zero-order chi connectivity index (χ0) is 22.7. The van der Waals surface area contributed by atoms with Crippen molar-refractivity contribution >= 4 is 27.0 Å². The third-order valence-corrected chi connectivity index (χ3v) is 7.95. The highest BCUT2D eigenvalue weighted by atomic mass is 32.2. The molecule has 1 aromatic carbocycles. The molecule has 2 aromatic heterocycles. The molecule has 1 N–H and O–H groups in total. The molecule has 1 aliphatic heterocycles. The van der Waals surface area contributed by atoms with E-state index in [4.69, 9.17) is 0 Å². The average Bonchev–Trinajstić information content (AvgIpc) is 3.13. The average molecular weight is 456 g/mol. The van der Waals surface area contributed by atoms with E-state index in [1.165, 1.54) is 0 Å². The Labute approximate surface area is 188 Å². The van der Waals surface area contributed by atoms with Crippen LogP contribution in [-0.4, -0.2) is 46.3 Å². The zero-order valence-electron chi connectivity index (χ0n) is 18.5. The van der Waals surface area contributed by atoms with Crippen molar-refractivity contribution < 1.29 is 13.2 Å². The number of imidazole rings is 1. The van der Waals surface area contributed by atoms with Gasteiger partial charge in [-0.3, -0.25) is 9.78 Å². The fourth-order valence-corrected chi connectivity index (χ4v) is 5.68. The summed E-state index contributed by atoms with van der Waals surface area (Å²) in [7, 11) is -1.62. The lowest BCUT2D eigenvalue weighted by Crippen LogP contribution is -2.35. The van der Waals surface area contributed by atoms with Crippen LogP contribution in [0.5, 0.6) is 0 Å². The zero-order valence-corrected chi connectivity index (χ0v) is 19.3. The number of benzene rings is 1. The summed E-state index contributed by atoms with van der Waals surface area (Å²) in [5.41, 5.74) is 2.48. The van der Waals surface area contributed by atoms with Crippen LogP contribution in [0.4, 0.5) is 0 Å². The molecule has 0 radical (unpaired) electrons. The van der Waals surface area contributed by atoms with Gasteiger partial charge in [0.1, 0.15) is 5.82 Å². The molecule has 1 amide bonds. The third kappa shape index (κ3) is 4.68. The number of rotatable bonds is 7. The Bertz CT molecular complexity index is 1200. The molecule has 8 nitrogen and oxygen atoms in total. The normalized spacial score (nSPS) is 16.2. The van der Waals surface area contributed by atoms with Gasteiger partial charge < -0.3 is 9.88 Å². The minimum atomic E-state index is -3.51. The quantitative estimate of drug-likeness (QED) is 0.591. The summed E-state index contributed by atoms with van der Waals surface area (Å²) >= 11 is 0. The first kappa shape index (κ1) is 22.4. The van der Waals surface area contributed by atoms with Crippen LogP contribution in [0.25, 0.3) is 11.0 Å². The number of aryl methyl sites for hydroxylation is 2. The van der Waals surface area contributed by atoms with E-state index >= 15 is 0 Å². The minimum Gasteiger partial charge on any atom is -0.350 e. The van der Waals surface area contributed by atoms with Crippen molar-refractivity contribution in [2.75, 3.05) is 13.1 Å². The molecule has 1 atom stereocenters. The lowest BCUT2D eigenvalue weighted by molar-refractivity contribution is -0.121. The Morgan fingerprint density at radius 3 is 2.56 bits per heavy atom. The van der Waals surface area contributed by atoms with Crippen molar-refractivity contribution in [3.05, 3.63) is 54.1 Å². The maximum Gasteiger partial charge on any atom is 0.243 e. The molecular formula is C23H29N5O3S. The van der Waals surface area contributed by atoms with E-state index in [1.807, 2.05) is 30.7 Å². The summed E-state index contributed by atoms with van der Waals surface area (Å²) in [6, 6.07) is 8.76. The molecule has 0 aliphatic carbocycles. The number of carbonyl (C=O) groups excluding carboxylic acids is 1. The van der Waals surface area contributed by atoms with Crippen LogP contribution in [0.2, 0.25) is 0 Å². The number of piperidine rings is 1. The molecule has 1 saturated heterocycles. The predicted molar refractivity (Wildman–Crippen MR) is 122 cm³/mol. The molecule has 9 heteroatoms. The molecule has 1 unspecified atom stereocenters. The number of fused-ring (bicyclic) bond motifs is 1. The van der Waals surface area contributed by atoms with Gasteiger partial charge in [0.05, 0.1) is 22.0 Å². The fraction of sp³-hybridized carbons (Fsp3) is 0.435. The molecular weight excluding hydrogens is 426 g/mol. The molecule has 3 heterocycles. The molecule has 0 saturated carbocycles. The van der Waals surface area contributed by atoms with Gasteiger partial charge in [-0.1, -0.05) is 6.42 Å². The van der Waals surface area contributed by atoms with Crippen molar-refractivity contribution in [1.29, 1.82) is 0 Å². The number of sulfonamides is 1. The standard InChI is InChI=1S/C23H29N5O3S/c1-17(18-10-12-24-13-11-18)25-23(29)9-8-22-26-20-16-19(6-7-21(20)27(22)2)32(30,31)28-14-4-3-5-15-28/h6-7,10-13,16-17H,3-5,8-9,14-15H2,1-2H3,(H,25,29). The van der Waals surface area contributed by atoms with E-state index in [2.05, 4.69) is 15.3 Å². The number of carbonyl (C=O) groups is 1. The van der Waals surface area contributed by atoms with Gasteiger partial charge in [-0.25, -0.2) is 13.4 Å². The summed E-state index contributed by atoms with van der Waals surface area (Å²) in [6.07, 6.45) is 7.05. The third-order valence-electron chi connectivity index (χ3n) is 6.06. The number of nitrogens with zero attached hydrogens (tertiary/aromatic N) is 4. The van der Waals surface area contributed by atoms with E-state index in [-0.39, 0.29) is 16.8 Å². The first-order valence-corrected chi connectivity index (χ1v) is 12.4. The summed E-state index contributed by atoms with van der Waals surface area (Å²) in [6.45, 7) is 3.08. The summed E-state index contributed by atoms with van der Waals surface area (Å²) < 4.78 is 29.5. The van der Waals surface area contributed by atoms with Crippen molar-refractivity contribution in [3.8, 4) is 0 Å². The van der Waals surface area contributed by atoms with Gasteiger partial charge in [-0.15, -0.1) is 0 Å². The Balaban J connectivity index is 1.45. The number of nitrogens with one attached hydrogen (secondary N) is 1. The number of hydrogen-bond acceptors (Lipinski definition) is 5. The maximum atomic E-state index is 13.0. The lowest BCUT2D eigenvalue weighted by Gasteiger charge is -2.25. The minimum absolute atomic E-state index is 0.0604. The van der Waals surface area contributed by atoms with Crippen LogP contribution < -0.4 is 5.32 Å². The summed E-state index contributed by atoms with van der Waals surface area (Å²) in [5, 5.41) is 3.00. The Hall–Kier alpha value is -2.78. The van der Waals surface area contributed by atoms with Crippen LogP contribution >= 0.6 is 0 Å². The molecule has 32 heavy (non-hydrogen) atoms. The van der Waals surface area contributed by atoms with Crippen LogP contribution in [0, 0.1) is 0 Å². The first-order chi connectivity index (χ1) is 15.4. The SMILES string of the molecule is CC(NC(=O)CCc1nc2cc(S(=O)(=O)N3CCCCC3)ccc2n1C)c1ccncc1. The van der Waals surface area contributed by atoms with Crippen molar-refractivity contribution in [2.24, 2.45) is 7.05 Å². The van der Waals surface area contributed by atoms with Gasteiger partial charge >= 0.3 is 0 Å². The smallest absolute Gasteiger partial charge is 0.243 e. The van der Waals surface area contributed by atoms with Gasteiger partial charge in [0, 0.05) is 45.4 Å². The van der Waals surface area contributed by atoms with E-state index < -0.39 is 10.0 Å². The second-order valence-electron chi connectivity index (χ2n) is 8.27. The molecule has 3 aromatic rings. The van der Waals surface area contributed by atoms with E-state index in [0.717, 1.165) is 36.2 Å². The van der Waals surface area contributed by atoms with Gasteiger partial charge in [0.15, 0.2) is 0 Å². The predicted octanol–water partition coefficient (Wildman–Crippen LogP) is 2.95. The van der Waals surface area contributed by atoms with Crippen molar-refractivity contribution in [1.82, 2.24) is 24.2 Å². The highest BCUT2D eigenvalue weighted by Gasteiger charge is 2.26. The van der Waals surface area contributed by atoms with Gasteiger partial charge in [0.25, 0.3) is 0 Å². The van der Waals surface area contributed by atoms with Crippen molar-refractivity contribution in [2.45, 2.75) is 50.0 Å². The number of hydrogen-bond donors (Lipinski definition) is 1. The molecule has 0 bridgehead atoms. The molecule has 170 valence electrons. The van der Waals surface area contributed by atoms with Gasteiger partial charge in [-0.2, -0.15) is 4.31 Å². The highest BCUT2D eigenvalue weighted by Crippen LogP contribution is 2.25. The van der Waals surface area contributed by atoms with Crippen LogP contribution in [0.3, 0.4) is 0 Å². The van der Waals surface area contributed by atoms with Gasteiger partial charge in [-0.05, 0) is 55.7 Å². The fourth-order valence-electron chi connectivity index (χ4n) is 4.14. The second kappa shape index (κ2) is 9.38. The maximum absolute atomic E-state index is 13.0. The van der Waals surface area contributed by atoms with E-state index in [9.17, 15) is 13.2 Å². The highest BCUT2D eigenvalue weighted by molar-refractivity contribution is 7.89. The Kier molecular flexibility index (Phi) is 6.57. The molecule has 1 fully saturated rings. The first-order valence-electron chi connectivity index (χ1n) is 11.0. The van der Waals surface area contributed by atoms with Gasteiger partial charge in [0.2, 0.25) is 15.9 Å². The van der Waals surface area contributed by atoms with Crippen LogP contribution in [-0.2, 0) is 28.3 Å². The van der Waals surface area contributed by atoms with E-state index in [1.54, 1.807) is 34.9 Å². The number of aromatic nitrogens is 3. The molecule has 4 rings (SSSR count). The van der Waals surface area contributed by atoms with E-state index in [0.29, 0.717) is 31.4 Å². The Morgan fingerprint density at radius 1 is 1.12 bits per heavy atom. The monoisotopic (exact) mass is 455 g/mol. The molecule has 1 aliphatic rings. The molecule has 0 spiro atoms. The van der Waals surface area contributed by atoms with Crippen LogP contribution in [0.15, 0.2) is 47.6 Å². The summed E-state index contributed by atoms with van der Waals surface area (Å²) in [4.78, 5) is 21.3. The van der Waals surface area contributed by atoms with Crippen molar-refractivity contribution in [3.63, 3.8) is 0 Å². The second-order valence-corrected chi connectivity index (χ2v) is 10.2. The Morgan fingerprint density at radius 2 is 1.84 bits per heavy atom. The summed E-state index contributed by atoms with van der Waals surface area (Å²) in [5.74, 6) is 0.689. The number of pyridine rings is 1. The topological polar surface area (TPSA) is 97.2 Å². The number of amides is 1. The van der Waals surface area contributed by atoms with Crippen LogP contribution in [0.1, 0.15) is 50.0 Å². The lowest BCUT2D eigenvalue weighted by atomic mass is 10.1. The largest absolute Gasteiger partial charge is 0.350 e.